The van der Waals surface area contributed by atoms with E-state index in [0.717, 1.165) is 0 Å². The summed E-state index contributed by atoms with van der Waals surface area (Å²) in [5.41, 5.74) is 0. The van der Waals surface area contributed by atoms with E-state index >= 15 is 0 Å². The molecule has 0 unspecified atom stereocenters. The van der Waals surface area contributed by atoms with E-state index in [2.05, 4.69) is 0 Å². The Morgan fingerprint density at radius 2 is 0.933 bits per heavy atom. The minimum Gasteiger partial charge on any atom is -0.234 e. The number of rotatable bonds is 0. The molecule has 90 valence electrons. The zero-order valence-corrected chi connectivity index (χ0v) is 6.69. The van der Waals surface area contributed by atoms with Crippen molar-refractivity contribution in [2.75, 3.05) is 0 Å². The van der Waals surface area contributed by atoms with E-state index in [1.54, 1.807) is 0 Å². The number of alkyl halides is 9. The Morgan fingerprint density at radius 3 is 1.20 bits per heavy atom. The Morgan fingerprint density at radius 1 is 0.667 bits per heavy atom. The van der Waals surface area contributed by atoms with Crippen molar-refractivity contribution in [2.24, 2.45) is 0 Å². The van der Waals surface area contributed by atoms with Gasteiger partial charge in [-0.1, -0.05) is 0 Å². The Bertz CT molecular complexity index is 242. The molecule has 0 saturated heterocycles. The van der Waals surface area contributed by atoms with Crippen LogP contribution in [0.15, 0.2) is 0 Å². The molecule has 0 nitrogen and oxygen atoms in total. The summed E-state index contributed by atoms with van der Waals surface area (Å²) in [5, 5.41) is 0. The molecule has 1 fully saturated rings. The molecular formula is C6H3F9. The number of hydrogen-bond donors (Lipinski definition) is 0. The summed E-state index contributed by atoms with van der Waals surface area (Å²) >= 11 is 0. The van der Waals surface area contributed by atoms with Gasteiger partial charge in [-0.3, -0.25) is 0 Å². The highest BCUT2D eigenvalue weighted by molar-refractivity contribution is 5.10. The molecule has 15 heavy (non-hydrogen) atoms. The van der Waals surface area contributed by atoms with Gasteiger partial charge in [0.1, 0.15) is 0 Å². The van der Waals surface area contributed by atoms with Crippen molar-refractivity contribution in [1.29, 1.82) is 0 Å². The van der Waals surface area contributed by atoms with Gasteiger partial charge in [-0.15, -0.1) is 0 Å². The van der Waals surface area contributed by atoms with Crippen LogP contribution in [0.1, 0.15) is 6.42 Å². The molecule has 9 heteroatoms. The van der Waals surface area contributed by atoms with E-state index in [1.807, 2.05) is 0 Å². The van der Waals surface area contributed by atoms with Crippen LogP contribution in [0.4, 0.5) is 39.5 Å². The van der Waals surface area contributed by atoms with Crippen molar-refractivity contribution >= 4 is 0 Å². The molecule has 0 aromatic heterocycles. The Hall–Kier alpha value is -0.630. The van der Waals surface area contributed by atoms with Crippen molar-refractivity contribution in [3.8, 4) is 0 Å². The third-order valence-corrected chi connectivity index (χ3v) is 2.06. The van der Waals surface area contributed by atoms with Crippen LogP contribution in [0.2, 0.25) is 0 Å². The highest BCUT2D eigenvalue weighted by Crippen LogP contribution is 2.58. The standard InChI is InChI=1S/C6H3F9/c7-2-5(12,13)3(8,9)1-4(10,11)6(2,14)15/h2H,1H2. The van der Waals surface area contributed by atoms with E-state index in [1.165, 1.54) is 0 Å². The van der Waals surface area contributed by atoms with Gasteiger partial charge >= 0.3 is 23.7 Å². The first-order valence-corrected chi connectivity index (χ1v) is 3.51. The maximum Gasteiger partial charge on any atom is 0.347 e. The average molecular weight is 246 g/mol. The number of hydrogen-bond acceptors (Lipinski definition) is 0. The fourth-order valence-electron chi connectivity index (χ4n) is 1.11. The lowest BCUT2D eigenvalue weighted by molar-refractivity contribution is -0.375. The summed E-state index contributed by atoms with van der Waals surface area (Å²) in [5.74, 6) is -22.6. The van der Waals surface area contributed by atoms with E-state index < -0.39 is 36.3 Å². The van der Waals surface area contributed by atoms with Gasteiger partial charge in [0.05, 0.1) is 6.42 Å². The number of halogens is 9. The van der Waals surface area contributed by atoms with Crippen molar-refractivity contribution < 1.29 is 39.5 Å². The summed E-state index contributed by atoms with van der Waals surface area (Å²) in [7, 11) is 0. The maximum atomic E-state index is 12.3. The SMILES string of the molecule is FC1C(F)(F)C(F)(F)CC(F)(F)C1(F)F. The van der Waals surface area contributed by atoms with E-state index in [4.69, 9.17) is 0 Å². The van der Waals surface area contributed by atoms with Crippen LogP contribution in [0, 0.1) is 0 Å². The average Bonchev–Trinajstić information content (AvgIpc) is 1.98. The monoisotopic (exact) mass is 246 g/mol. The molecule has 0 aromatic carbocycles. The summed E-state index contributed by atoms with van der Waals surface area (Å²) < 4.78 is 110. The Kier molecular flexibility index (Phi) is 2.26. The second kappa shape index (κ2) is 2.73. The van der Waals surface area contributed by atoms with Gasteiger partial charge in [0.2, 0.25) is 6.17 Å². The lowest BCUT2D eigenvalue weighted by Gasteiger charge is -2.42. The van der Waals surface area contributed by atoms with Gasteiger partial charge in [-0.2, -0.15) is 35.1 Å². The lowest BCUT2D eigenvalue weighted by atomic mass is 9.85. The Labute approximate surface area is 77.0 Å². The molecule has 0 aliphatic heterocycles. The normalized spacial score (nSPS) is 32.6. The third kappa shape index (κ3) is 1.38. The van der Waals surface area contributed by atoms with Crippen LogP contribution >= 0.6 is 0 Å². The minimum absolute atomic E-state index is 3.08. The smallest absolute Gasteiger partial charge is 0.234 e. The van der Waals surface area contributed by atoms with Crippen LogP contribution in [-0.4, -0.2) is 29.9 Å². The van der Waals surface area contributed by atoms with Crippen LogP contribution in [0.3, 0.4) is 0 Å². The molecule has 0 bridgehead atoms. The molecule has 0 aromatic rings. The quantitative estimate of drug-likeness (QED) is 0.575. The first kappa shape index (κ1) is 12.4. The summed E-state index contributed by atoms with van der Waals surface area (Å²) in [6, 6.07) is 0. The largest absolute Gasteiger partial charge is 0.347 e. The summed E-state index contributed by atoms with van der Waals surface area (Å²) in [4.78, 5) is 0. The molecule has 0 atom stereocenters. The van der Waals surface area contributed by atoms with Crippen LogP contribution in [0.5, 0.6) is 0 Å². The van der Waals surface area contributed by atoms with Crippen LogP contribution in [0.25, 0.3) is 0 Å². The highest BCUT2D eigenvalue weighted by atomic mass is 19.3. The predicted octanol–water partition coefficient (Wildman–Crippen LogP) is 3.27. The fourth-order valence-corrected chi connectivity index (χ4v) is 1.11. The molecule has 0 radical (unpaired) electrons. The highest BCUT2D eigenvalue weighted by Gasteiger charge is 2.82. The van der Waals surface area contributed by atoms with Crippen LogP contribution in [-0.2, 0) is 0 Å². The van der Waals surface area contributed by atoms with Crippen molar-refractivity contribution in [3.05, 3.63) is 0 Å². The van der Waals surface area contributed by atoms with E-state index in [0.29, 0.717) is 0 Å². The predicted molar refractivity (Wildman–Crippen MR) is 29.3 cm³/mol. The fraction of sp³-hybridized carbons (Fsp3) is 1.00. The molecule has 1 rings (SSSR count). The lowest BCUT2D eigenvalue weighted by Crippen LogP contribution is -2.68. The van der Waals surface area contributed by atoms with Gasteiger partial charge in [-0.25, -0.2) is 4.39 Å². The second-order valence-electron chi connectivity index (χ2n) is 3.19. The van der Waals surface area contributed by atoms with Gasteiger partial charge < -0.3 is 0 Å². The van der Waals surface area contributed by atoms with Gasteiger partial charge in [-0.05, 0) is 0 Å². The molecule has 1 saturated carbocycles. The maximum absolute atomic E-state index is 12.3. The molecular weight excluding hydrogens is 243 g/mol. The summed E-state index contributed by atoms with van der Waals surface area (Å²) in [6.45, 7) is 0. The van der Waals surface area contributed by atoms with Crippen molar-refractivity contribution in [2.45, 2.75) is 36.3 Å². The third-order valence-electron chi connectivity index (χ3n) is 2.06. The first-order chi connectivity index (χ1) is 6.36. The van der Waals surface area contributed by atoms with E-state index in [-0.39, 0.29) is 0 Å². The second-order valence-corrected chi connectivity index (χ2v) is 3.19. The zero-order chi connectivity index (χ0) is 12.3. The Balaban J connectivity index is 3.24. The van der Waals surface area contributed by atoms with Gasteiger partial charge in [0, 0.05) is 0 Å². The van der Waals surface area contributed by atoms with Gasteiger partial charge in [0.15, 0.2) is 0 Å². The molecule has 1 aliphatic carbocycles. The topological polar surface area (TPSA) is 0 Å². The molecule has 0 heterocycles. The minimum atomic E-state index is -5.81. The molecule has 0 amide bonds. The molecule has 0 spiro atoms. The van der Waals surface area contributed by atoms with Crippen molar-refractivity contribution in [1.82, 2.24) is 0 Å². The van der Waals surface area contributed by atoms with Crippen molar-refractivity contribution in [3.63, 3.8) is 0 Å². The summed E-state index contributed by atoms with van der Waals surface area (Å²) in [6.07, 6.45) is -8.00. The first-order valence-electron chi connectivity index (χ1n) is 3.51. The van der Waals surface area contributed by atoms with Gasteiger partial charge in [0.25, 0.3) is 0 Å². The molecule has 0 N–H and O–H groups in total. The van der Waals surface area contributed by atoms with E-state index in [9.17, 15) is 39.5 Å². The zero-order valence-electron chi connectivity index (χ0n) is 6.69. The molecule has 1 aliphatic rings. The van der Waals surface area contributed by atoms with Crippen LogP contribution < -0.4 is 0 Å².